The molecule has 1 aromatic rings. The van der Waals surface area contributed by atoms with Crippen molar-refractivity contribution in [3.63, 3.8) is 0 Å². The number of rotatable bonds is 3. The molecule has 0 aliphatic carbocycles. The van der Waals surface area contributed by atoms with Crippen LogP contribution >= 0.6 is 15.9 Å². The third-order valence-corrected chi connectivity index (χ3v) is 2.30. The molecule has 0 saturated heterocycles. The molecule has 0 aliphatic heterocycles. The maximum atomic E-state index is 13.4. The minimum Gasteiger partial charge on any atom is -0.496 e. The highest BCUT2D eigenvalue weighted by Crippen LogP contribution is 2.30. The van der Waals surface area contributed by atoms with Gasteiger partial charge in [-0.15, -0.1) is 0 Å². The molecule has 14 heavy (non-hydrogen) atoms. The van der Waals surface area contributed by atoms with E-state index in [1.165, 1.54) is 13.2 Å². The zero-order chi connectivity index (χ0) is 10.7. The Labute approximate surface area is 89.8 Å². The Morgan fingerprint density at radius 1 is 1.64 bits per heavy atom. The highest BCUT2D eigenvalue weighted by atomic mass is 79.9. The maximum Gasteiger partial charge on any atom is 0.132 e. The van der Waals surface area contributed by atoms with Crippen LogP contribution in [0.25, 0.3) is 0 Å². The molecule has 0 aromatic heterocycles. The topological polar surface area (TPSA) is 55.5 Å². The molecule has 3 nitrogen and oxygen atoms in total. The average Bonchev–Trinajstić information content (AvgIpc) is 2.15. The largest absolute Gasteiger partial charge is 0.496 e. The molecule has 1 rings (SSSR count). The maximum absolute atomic E-state index is 13.4. The van der Waals surface area contributed by atoms with Crippen molar-refractivity contribution in [2.24, 2.45) is 5.73 Å². The molecule has 0 bridgehead atoms. The quantitative estimate of drug-likeness (QED) is 0.871. The van der Waals surface area contributed by atoms with E-state index in [1.807, 2.05) is 0 Å². The van der Waals surface area contributed by atoms with E-state index in [1.54, 1.807) is 6.07 Å². The second kappa shape index (κ2) is 4.72. The Bertz CT molecular complexity index is 333. The minimum absolute atomic E-state index is 0.193. The van der Waals surface area contributed by atoms with E-state index in [4.69, 9.17) is 15.6 Å². The van der Waals surface area contributed by atoms with Gasteiger partial charge in [0.15, 0.2) is 0 Å². The van der Waals surface area contributed by atoms with Crippen molar-refractivity contribution in [3.8, 4) is 5.75 Å². The number of methoxy groups -OCH3 is 1. The zero-order valence-corrected chi connectivity index (χ0v) is 9.21. The summed E-state index contributed by atoms with van der Waals surface area (Å²) in [5.74, 6) is -0.156. The molecule has 78 valence electrons. The van der Waals surface area contributed by atoms with Gasteiger partial charge in [0.05, 0.1) is 19.8 Å². The predicted octanol–water partition coefficient (Wildman–Crippen LogP) is 1.59. The highest BCUT2D eigenvalue weighted by Gasteiger charge is 2.17. The number of hydrogen-bond donors (Lipinski definition) is 2. The first-order chi connectivity index (χ1) is 6.60. The van der Waals surface area contributed by atoms with E-state index < -0.39 is 11.9 Å². The Morgan fingerprint density at radius 2 is 2.29 bits per heavy atom. The molecule has 5 heteroatoms. The Hall–Kier alpha value is -0.650. The summed E-state index contributed by atoms with van der Waals surface area (Å²) in [4.78, 5) is 0. The molecule has 0 amide bonds. The molecule has 0 unspecified atom stereocenters. The van der Waals surface area contributed by atoms with Crippen LogP contribution < -0.4 is 10.5 Å². The van der Waals surface area contributed by atoms with Crippen LogP contribution in [0.3, 0.4) is 0 Å². The van der Waals surface area contributed by atoms with E-state index in [-0.39, 0.29) is 12.2 Å². The second-order valence-corrected chi connectivity index (χ2v) is 3.71. The van der Waals surface area contributed by atoms with Crippen molar-refractivity contribution in [2.75, 3.05) is 13.7 Å². The number of ether oxygens (including phenoxy) is 1. The van der Waals surface area contributed by atoms with Crippen LogP contribution in [0.5, 0.6) is 5.75 Å². The van der Waals surface area contributed by atoms with E-state index in [0.29, 0.717) is 10.2 Å². The third-order valence-electron chi connectivity index (χ3n) is 1.84. The van der Waals surface area contributed by atoms with Crippen molar-refractivity contribution in [2.45, 2.75) is 6.04 Å². The average molecular weight is 264 g/mol. The lowest BCUT2D eigenvalue weighted by Gasteiger charge is -2.14. The van der Waals surface area contributed by atoms with Crippen LogP contribution in [0.2, 0.25) is 0 Å². The van der Waals surface area contributed by atoms with Gasteiger partial charge in [-0.2, -0.15) is 0 Å². The van der Waals surface area contributed by atoms with Gasteiger partial charge < -0.3 is 15.6 Å². The highest BCUT2D eigenvalue weighted by molar-refractivity contribution is 9.10. The summed E-state index contributed by atoms with van der Waals surface area (Å²) in [5, 5.41) is 8.84. The fraction of sp³-hybridized carbons (Fsp3) is 0.333. The molecule has 0 spiro atoms. The van der Waals surface area contributed by atoms with Crippen molar-refractivity contribution >= 4 is 15.9 Å². The van der Waals surface area contributed by atoms with Crippen LogP contribution in [0.1, 0.15) is 11.6 Å². The molecular formula is C9H11BrFNO2. The standard InChI is InChI=1S/C9H11BrFNO2/c1-14-8-3-5(10)2-6(11)9(8)7(12)4-13/h2-3,7,13H,4,12H2,1H3/t7-/m0/s1. The van der Waals surface area contributed by atoms with Crippen LogP contribution in [-0.2, 0) is 0 Å². The van der Waals surface area contributed by atoms with E-state index in [9.17, 15) is 4.39 Å². The number of aliphatic hydroxyl groups is 1. The molecule has 0 saturated carbocycles. The summed E-state index contributed by atoms with van der Waals surface area (Å²) in [6.07, 6.45) is 0. The predicted molar refractivity (Wildman–Crippen MR) is 54.7 cm³/mol. The van der Waals surface area contributed by atoms with Crippen LogP contribution in [0.15, 0.2) is 16.6 Å². The van der Waals surface area contributed by atoms with Crippen molar-refractivity contribution in [1.29, 1.82) is 0 Å². The molecule has 0 heterocycles. The normalized spacial score (nSPS) is 12.6. The Balaban J connectivity index is 3.24. The molecule has 3 N–H and O–H groups in total. The molecular weight excluding hydrogens is 253 g/mol. The van der Waals surface area contributed by atoms with Crippen LogP contribution in [0, 0.1) is 5.82 Å². The number of halogens is 2. The number of aliphatic hydroxyl groups excluding tert-OH is 1. The molecule has 1 aromatic carbocycles. The van der Waals surface area contributed by atoms with Gasteiger partial charge in [0, 0.05) is 10.0 Å². The van der Waals surface area contributed by atoms with Crippen LogP contribution in [0.4, 0.5) is 4.39 Å². The molecule has 0 fully saturated rings. The van der Waals surface area contributed by atoms with Gasteiger partial charge in [-0.25, -0.2) is 4.39 Å². The first-order valence-electron chi connectivity index (χ1n) is 3.99. The number of nitrogens with two attached hydrogens (primary N) is 1. The summed E-state index contributed by atoms with van der Waals surface area (Å²) in [5.41, 5.74) is 5.73. The van der Waals surface area contributed by atoms with Gasteiger partial charge in [-0.1, -0.05) is 15.9 Å². The van der Waals surface area contributed by atoms with Gasteiger partial charge >= 0.3 is 0 Å². The van der Waals surface area contributed by atoms with Crippen molar-refractivity contribution in [1.82, 2.24) is 0 Å². The fourth-order valence-corrected chi connectivity index (χ4v) is 1.59. The number of benzene rings is 1. The smallest absolute Gasteiger partial charge is 0.132 e. The lowest BCUT2D eigenvalue weighted by molar-refractivity contribution is 0.261. The van der Waals surface area contributed by atoms with Gasteiger partial charge in [0.2, 0.25) is 0 Å². The summed E-state index contributed by atoms with van der Waals surface area (Å²) in [7, 11) is 1.43. The summed E-state index contributed by atoms with van der Waals surface area (Å²) in [6.45, 7) is -0.324. The van der Waals surface area contributed by atoms with Gasteiger partial charge in [-0.3, -0.25) is 0 Å². The second-order valence-electron chi connectivity index (χ2n) is 2.79. The summed E-state index contributed by atoms with van der Waals surface area (Å²) < 4.78 is 19.0. The SMILES string of the molecule is COc1cc(Br)cc(F)c1[C@@H](N)CO. The van der Waals surface area contributed by atoms with Crippen molar-refractivity contribution in [3.05, 3.63) is 28.0 Å². The number of hydrogen-bond acceptors (Lipinski definition) is 3. The van der Waals surface area contributed by atoms with Crippen LogP contribution in [-0.4, -0.2) is 18.8 Å². The van der Waals surface area contributed by atoms with E-state index in [2.05, 4.69) is 15.9 Å². The monoisotopic (exact) mass is 263 g/mol. The summed E-state index contributed by atoms with van der Waals surface area (Å²) in [6, 6.07) is 2.12. The Morgan fingerprint density at radius 3 is 2.79 bits per heavy atom. The third kappa shape index (κ3) is 2.23. The van der Waals surface area contributed by atoms with Crippen molar-refractivity contribution < 1.29 is 14.2 Å². The molecule has 0 aliphatic rings. The first-order valence-corrected chi connectivity index (χ1v) is 4.78. The molecule has 0 radical (unpaired) electrons. The van der Waals surface area contributed by atoms with Gasteiger partial charge in [0.1, 0.15) is 11.6 Å². The Kier molecular flexibility index (Phi) is 3.86. The lowest BCUT2D eigenvalue weighted by atomic mass is 10.1. The zero-order valence-electron chi connectivity index (χ0n) is 7.63. The fourth-order valence-electron chi connectivity index (χ4n) is 1.18. The van der Waals surface area contributed by atoms with E-state index in [0.717, 1.165) is 0 Å². The van der Waals surface area contributed by atoms with Gasteiger partial charge in [0.25, 0.3) is 0 Å². The minimum atomic E-state index is -0.766. The lowest BCUT2D eigenvalue weighted by Crippen LogP contribution is -2.17. The van der Waals surface area contributed by atoms with Gasteiger partial charge in [-0.05, 0) is 12.1 Å². The molecule has 1 atom stereocenters. The first kappa shape index (κ1) is 11.4. The summed E-state index contributed by atoms with van der Waals surface area (Å²) >= 11 is 3.14. The van der Waals surface area contributed by atoms with E-state index >= 15 is 0 Å².